The molecular formula is C26H24F3N3O2. The molecule has 0 unspecified atom stereocenters. The van der Waals surface area contributed by atoms with Crippen molar-refractivity contribution in [2.75, 3.05) is 19.1 Å². The highest BCUT2D eigenvalue weighted by Gasteiger charge is 2.30. The predicted molar refractivity (Wildman–Crippen MR) is 124 cm³/mol. The summed E-state index contributed by atoms with van der Waals surface area (Å²) in [5.41, 5.74) is 2.63. The molecule has 1 aromatic heterocycles. The van der Waals surface area contributed by atoms with E-state index in [0.717, 1.165) is 17.8 Å². The van der Waals surface area contributed by atoms with E-state index < -0.39 is 17.7 Å². The summed E-state index contributed by atoms with van der Waals surface area (Å²) < 4.78 is 43.7. The van der Waals surface area contributed by atoms with Crippen LogP contribution in [0, 0.1) is 18.9 Å². The first-order valence-corrected chi connectivity index (χ1v) is 10.5. The van der Waals surface area contributed by atoms with Crippen LogP contribution in [-0.4, -0.2) is 30.1 Å². The van der Waals surface area contributed by atoms with Gasteiger partial charge >= 0.3 is 12.1 Å². The fourth-order valence-electron chi connectivity index (χ4n) is 3.25. The third-order valence-corrected chi connectivity index (χ3v) is 5.14. The van der Waals surface area contributed by atoms with Crippen molar-refractivity contribution in [1.29, 1.82) is 0 Å². The van der Waals surface area contributed by atoms with E-state index >= 15 is 0 Å². The Bertz CT molecular complexity index is 1240. The maximum Gasteiger partial charge on any atom is 0.416 e. The molecule has 5 nitrogen and oxygen atoms in total. The summed E-state index contributed by atoms with van der Waals surface area (Å²) in [6.45, 7) is 5.71. The molecule has 0 fully saturated rings. The molecule has 0 aliphatic heterocycles. The van der Waals surface area contributed by atoms with Crippen molar-refractivity contribution in [3.63, 3.8) is 0 Å². The number of carbonyl (C=O) groups is 1. The lowest BCUT2D eigenvalue weighted by atomic mass is 10.00. The monoisotopic (exact) mass is 467 g/mol. The Labute approximate surface area is 196 Å². The molecule has 0 atom stereocenters. The van der Waals surface area contributed by atoms with E-state index in [1.807, 2.05) is 13.8 Å². The summed E-state index contributed by atoms with van der Waals surface area (Å²) in [6.07, 6.45) is -4.42. The van der Waals surface area contributed by atoms with Gasteiger partial charge in [-0.15, -0.1) is 0 Å². The lowest BCUT2D eigenvalue weighted by Crippen LogP contribution is -2.10. The zero-order valence-corrected chi connectivity index (χ0v) is 19.5. The van der Waals surface area contributed by atoms with Gasteiger partial charge in [0.25, 0.3) is 0 Å². The molecule has 0 aliphatic carbocycles. The minimum Gasteiger partial charge on any atom is -0.465 e. The molecule has 8 heteroatoms. The van der Waals surface area contributed by atoms with Crippen molar-refractivity contribution in [2.45, 2.75) is 32.9 Å². The highest BCUT2D eigenvalue weighted by atomic mass is 19.4. The molecule has 34 heavy (non-hydrogen) atoms. The topological polar surface area (TPSA) is 55.3 Å². The third kappa shape index (κ3) is 5.54. The molecule has 0 radical (unpaired) electrons. The number of hydrogen-bond donors (Lipinski definition) is 0. The van der Waals surface area contributed by atoms with Gasteiger partial charge in [0.15, 0.2) is 0 Å². The van der Waals surface area contributed by atoms with Crippen molar-refractivity contribution >= 4 is 11.7 Å². The predicted octanol–water partition coefficient (Wildman–Crippen LogP) is 5.83. The maximum atomic E-state index is 13.0. The van der Waals surface area contributed by atoms with E-state index in [2.05, 4.69) is 21.9 Å². The fourth-order valence-corrected chi connectivity index (χ4v) is 3.25. The number of halogens is 3. The molecule has 0 bridgehead atoms. The summed E-state index contributed by atoms with van der Waals surface area (Å²) in [5, 5.41) is 0. The molecule has 2 aromatic carbocycles. The van der Waals surface area contributed by atoms with Crippen molar-refractivity contribution in [3.8, 4) is 23.1 Å². The van der Waals surface area contributed by atoms with Crippen LogP contribution in [0.5, 0.6) is 0 Å². The van der Waals surface area contributed by atoms with Gasteiger partial charge < -0.3 is 9.64 Å². The second-order valence-electron chi connectivity index (χ2n) is 7.95. The Morgan fingerprint density at radius 3 is 2.18 bits per heavy atom. The van der Waals surface area contributed by atoms with E-state index in [9.17, 15) is 18.0 Å². The first kappa shape index (κ1) is 24.8. The van der Waals surface area contributed by atoms with Crippen LogP contribution in [0.2, 0.25) is 0 Å². The van der Waals surface area contributed by atoms with Crippen LogP contribution in [-0.2, 0) is 10.9 Å². The third-order valence-electron chi connectivity index (χ3n) is 5.14. The highest BCUT2D eigenvalue weighted by molar-refractivity contribution is 5.89. The molecule has 0 aliphatic rings. The van der Waals surface area contributed by atoms with Crippen LogP contribution in [0.4, 0.5) is 18.9 Å². The number of anilines is 1. The number of hydrogen-bond acceptors (Lipinski definition) is 5. The van der Waals surface area contributed by atoms with E-state index in [1.165, 1.54) is 19.2 Å². The normalized spacial score (nSPS) is 11.1. The minimum atomic E-state index is -4.42. The first-order valence-electron chi connectivity index (χ1n) is 10.5. The van der Waals surface area contributed by atoms with Crippen molar-refractivity contribution in [3.05, 3.63) is 76.9 Å². The van der Waals surface area contributed by atoms with Gasteiger partial charge in [-0.25, -0.2) is 14.8 Å². The molecule has 1 heterocycles. The Morgan fingerprint density at radius 2 is 1.65 bits per heavy atom. The average molecular weight is 467 g/mol. The number of ether oxygens (including phenoxy) is 1. The van der Waals surface area contributed by atoms with E-state index in [0.29, 0.717) is 33.9 Å². The lowest BCUT2D eigenvalue weighted by molar-refractivity contribution is -0.137. The van der Waals surface area contributed by atoms with Crippen LogP contribution in [0.15, 0.2) is 48.5 Å². The smallest absolute Gasteiger partial charge is 0.416 e. The van der Waals surface area contributed by atoms with Gasteiger partial charge in [0, 0.05) is 30.3 Å². The van der Waals surface area contributed by atoms with Gasteiger partial charge in [0.05, 0.1) is 23.9 Å². The van der Waals surface area contributed by atoms with Gasteiger partial charge in [-0.05, 0) is 54.8 Å². The molecule has 0 N–H and O–H groups in total. The Morgan fingerprint density at radius 1 is 1.03 bits per heavy atom. The summed E-state index contributed by atoms with van der Waals surface area (Å²) in [5.74, 6) is 3.26. The quantitative estimate of drug-likeness (QED) is 0.275. The number of aryl methyl sites for hydroxylation is 1. The van der Waals surface area contributed by atoms with Crippen molar-refractivity contribution < 1.29 is 22.7 Å². The summed E-state index contributed by atoms with van der Waals surface area (Å²) in [6, 6.07) is 14.7. The summed E-state index contributed by atoms with van der Waals surface area (Å²) >= 11 is 0. The number of aromatic nitrogens is 2. The van der Waals surface area contributed by atoms with Crippen LogP contribution >= 0.6 is 0 Å². The van der Waals surface area contributed by atoms with Gasteiger partial charge in [-0.1, -0.05) is 26.0 Å². The molecule has 0 saturated carbocycles. The number of methoxy groups -OCH3 is 1. The van der Waals surface area contributed by atoms with Crippen LogP contribution in [0.25, 0.3) is 11.1 Å². The Balaban J connectivity index is 2.02. The summed E-state index contributed by atoms with van der Waals surface area (Å²) in [7, 11) is 3.08. The van der Waals surface area contributed by atoms with Crippen molar-refractivity contribution in [2.24, 2.45) is 0 Å². The van der Waals surface area contributed by atoms with Gasteiger partial charge in [-0.2, -0.15) is 13.2 Å². The molecule has 0 amide bonds. The van der Waals surface area contributed by atoms with Gasteiger partial charge in [0.2, 0.25) is 0 Å². The van der Waals surface area contributed by atoms with Gasteiger partial charge in [-0.3, -0.25) is 0 Å². The largest absolute Gasteiger partial charge is 0.465 e. The minimum absolute atomic E-state index is 0.0458. The first-order chi connectivity index (χ1) is 16.0. The van der Waals surface area contributed by atoms with Crippen LogP contribution < -0.4 is 4.90 Å². The zero-order chi connectivity index (χ0) is 25.0. The lowest BCUT2D eigenvalue weighted by Gasteiger charge is -2.14. The number of alkyl halides is 3. The van der Waals surface area contributed by atoms with E-state index in [-0.39, 0.29) is 5.92 Å². The second-order valence-corrected chi connectivity index (χ2v) is 7.95. The number of carbonyl (C=O) groups excluding carboxylic acids is 1. The zero-order valence-electron chi connectivity index (χ0n) is 19.5. The van der Waals surface area contributed by atoms with Crippen LogP contribution in [0.1, 0.15) is 52.9 Å². The van der Waals surface area contributed by atoms with Gasteiger partial charge in [0.1, 0.15) is 11.5 Å². The summed E-state index contributed by atoms with van der Waals surface area (Å²) in [4.78, 5) is 22.4. The van der Waals surface area contributed by atoms with Crippen LogP contribution in [0.3, 0.4) is 0 Å². The molecule has 176 valence electrons. The standard InChI is InChI=1S/C26H24F3N3O2/c1-16(2)24-30-17(3)23(18-6-10-20(11-7-18)26(27,28)29)22(31-24)14-15-32(4)21-12-8-19(9-13-21)25(33)34-5/h6-13,16H,1-5H3. The number of benzene rings is 2. The second kappa shape index (κ2) is 9.96. The Hall–Kier alpha value is -3.86. The Kier molecular flexibility index (Phi) is 7.26. The molecule has 0 spiro atoms. The number of rotatable bonds is 4. The molecular weight excluding hydrogens is 443 g/mol. The van der Waals surface area contributed by atoms with E-state index in [4.69, 9.17) is 4.74 Å². The SMILES string of the molecule is COC(=O)c1ccc(N(C)C#Cc2nc(C(C)C)nc(C)c2-c2ccc(C(F)(F)F)cc2)cc1. The molecule has 3 aromatic rings. The fraction of sp³-hybridized carbons (Fsp3) is 0.269. The molecule has 0 saturated heterocycles. The van der Waals surface area contributed by atoms with E-state index in [1.54, 1.807) is 43.1 Å². The highest BCUT2D eigenvalue weighted by Crippen LogP contribution is 2.32. The van der Waals surface area contributed by atoms with Crippen molar-refractivity contribution in [1.82, 2.24) is 9.97 Å². The maximum absolute atomic E-state index is 13.0. The number of esters is 1. The average Bonchev–Trinajstić information content (AvgIpc) is 2.81. The molecule has 3 rings (SSSR count). The number of nitrogens with zero attached hydrogens (tertiary/aromatic N) is 3.